The summed E-state index contributed by atoms with van der Waals surface area (Å²) in [6, 6.07) is 17.2. The molecule has 4 rings (SSSR count). The van der Waals surface area contributed by atoms with Crippen molar-refractivity contribution < 1.29 is 37.1 Å². The molecule has 0 fully saturated rings. The van der Waals surface area contributed by atoms with E-state index in [-0.39, 0.29) is 17.7 Å². The molecule has 0 aliphatic rings. The lowest BCUT2D eigenvalue weighted by Crippen LogP contribution is -2.45. The topological polar surface area (TPSA) is 109 Å². The zero-order valence-corrected chi connectivity index (χ0v) is 20.7. The highest BCUT2D eigenvalue weighted by molar-refractivity contribution is 6.30. The number of amides is 2. The molecule has 0 spiro atoms. The maximum atomic E-state index is 13.2. The number of carbonyl (C=O) groups excluding carboxylic acids is 2. The van der Waals surface area contributed by atoms with Crippen molar-refractivity contribution in [1.82, 2.24) is 10.6 Å². The van der Waals surface area contributed by atoms with Crippen molar-refractivity contribution in [3.8, 4) is 0 Å². The van der Waals surface area contributed by atoms with Gasteiger partial charge in [-0.3, -0.25) is 9.59 Å². The maximum Gasteiger partial charge on any atom is 0.416 e. The molecule has 1 atom stereocenters. The molecule has 0 aliphatic heterocycles. The number of para-hydroxylation sites is 1. The Morgan fingerprint density at radius 2 is 1.69 bits per heavy atom. The van der Waals surface area contributed by atoms with E-state index in [1.807, 2.05) is 0 Å². The van der Waals surface area contributed by atoms with Crippen molar-refractivity contribution in [2.45, 2.75) is 18.6 Å². The van der Waals surface area contributed by atoms with E-state index < -0.39 is 41.3 Å². The average Bonchev–Trinajstić information content (AvgIpc) is 3.33. The molecule has 0 radical (unpaired) electrons. The van der Waals surface area contributed by atoms with Gasteiger partial charge in [0.05, 0.1) is 5.56 Å². The predicted molar refractivity (Wildman–Crippen MR) is 138 cm³/mol. The first-order chi connectivity index (χ1) is 18.5. The number of carbonyl (C=O) groups is 3. The largest absolute Gasteiger partial charge is 0.480 e. The first-order valence-electron chi connectivity index (χ1n) is 11.5. The van der Waals surface area contributed by atoms with E-state index in [2.05, 4.69) is 10.6 Å². The second-order valence-electron chi connectivity index (χ2n) is 8.48. The Balaban J connectivity index is 1.64. The van der Waals surface area contributed by atoms with Gasteiger partial charge in [-0.25, -0.2) is 4.79 Å². The van der Waals surface area contributed by atoms with Crippen molar-refractivity contribution in [3.05, 3.63) is 112 Å². The van der Waals surface area contributed by atoms with Crippen LogP contribution in [-0.4, -0.2) is 28.9 Å². The van der Waals surface area contributed by atoms with E-state index in [1.165, 1.54) is 12.1 Å². The summed E-state index contributed by atoms with van der Waals surface area (Å²) in [5, 5.41) is 15.4. The normalized spacial score (nSPS) is 12.7. The predicted octanol–water partition coefficient (Wildman–Crippen LogP) is 5.69. The number of benzene rings is 3. The zero-order valence-electron chi connectivity index (χ0n) is 20.0. The number of nitrogens with one attached hydrogen (secondary N) is 2. The highest BCUT2D eigenvalue weighted by Gasteiger charge is 2.30. The van der Waals surface area contributed by atoms with Gasteiger partial charge in [0.15, 0.2) is 5.76 Å². The first-order valence-corrected chi connectivity index (χ1v) is 11.8. The molecule has 0 unspecified atom stereocenters. The molecule has 39 heavy (non-hydrogen) atoms. The molecule has 200 valence electrons. The molecular formula is C28H20ClF3N2O5. The Morgan fingerprint density at radius 3 is 2.36 bits per heavy atom. The number of aliphatic carboxylic acids is 1. The number of hydrogen-bond acceptors (Lipinski definition) is 4. The zero-order chi connectivity index (χ0) is 28.2. The number of alkyl halides is 3. The van der Waals surface area contributed by atoms with Gasteiger partial charge < -0.3 is 20.2 Å². The Kier molecular flexibility index (Phi) is 8.06. The van der Waals surface area contributed by atoms with Crippen LogP contribution in [0.5, 0.6) is 0 Å². The smallest absolute Gasteiger partial charge is 0.416 e. The monoisotopic (exact) mass is 556 g/mol. The van der Waals surface area contributed by atoms with Crippen LogP contribution in [0.15, 0.2) is 89.0 Å². The van der Waals surface area contributed by atoms with Gasteiger partial charge in [0.2, 0.25) is 0 Å². The van der Waals surface area contributed by atoms with Crippen LogP contribution >= 0.6 is 11.6 Å². The Hall–Kier alpha value is -4.57. The molecule has 0 saturated carbocycles. The Bertz CT molecular complexity index is 1530. The second kappa shape index (κ2) is 11.4. The molecule has 11 heteroatoms. The van der Waals surface area contributed by atoms with Gasteiger partial charge >= 0.3 is 12.1 Å². The number of halogens is 4. The summed E-state index contributed by atoms with van der Waals surface area (Å²) in [5.74, 6) is -3.40. The Morgan fingerprint density at radius 1 is 0.974 bits per heavy atom. The fourth-order valence-electron chi connectivity index (χ4n) is 3.70. The number of carboxylic acids is 1. The number of furan rings is 1. The minimum absolute atomic E-state index is 0.0514. The van der Waals surface area contributed by atoms with E-state index in [4.69, 9.17) is 16.0 Å². The summed E-state index contributed by atoms with van der Waals surface area (Å²) < 4.78 is 45.2. The first kappa shape index (κ1) is 27.5. The molecule has 1 aromatic heterocycles. The second-order valence-corrected chi connectivity index (χ2v) is 8.92. The fraction of sp³-hybridized carbons (Fsp3) is 0.107. The highest BCUT2D eigenvalue weighted by Crippen LogP contribution is 2.30. The summed E-state index contributed by atoms with van der Waals surface area (Å²) in [4.78, 5) is 38.0. The van der Waals surface area contributed by atoms with Crippen molar-refractivity contribution >= 4 is 46.4 Å². The van der Waals surface area contributed by atoms with Crippen molar-refractivity contribution in [3.63, 3.8) is 0 Å². The summed E-state index contributed by atoms with van der Waals surface area (Å²) in [7, 11) is 0. The molecule has 0 bridgehead atoms. The summed E-state index contributed by atoms with van der Waals surface area (Å²) in [6.07, 6.45) is -3.74. The standard InChI is InChI=1S/C28H20ClF3N2O5/c29-20-10-8-16(9-11-20)13-22(27(37)38)34-25(35)21(14-17-4-3-6-19(12-17)28(30,31)32)33-26(36)24-15-18-5-1-2-7-23(18)39-24/h1-12,14-15,22H,13H2,(H,33,36)(H,34,35)(H,37,38)/t22-/m0/s1. The van der Waals surface area contributed by atoms with E-state index in [0.29, 0.717) is 21.6 Å². The van der Waals surface area contributed by atoms with Gasteiger partial charge in [0.1, 0.15) is 17.3 Å². The summed E-state index contributed by atoms with van der Waals surface area (Å²) in [5.41, 5.74) is -0.538. The minimum atomic E-state index is -4.64. The van der Waals surface area contributed by atoms with E-state index in [9.17, 15) is 32.7 Å². The quantitative estimate of drug-likeness (QED) is 0.242. The highest BCUT2D eigenvalue weighted by atomic mass is 35.5. The lowest BCUT2D eigenvalue weighted by atomic mass is 10.1. The average molecular weight is 557 g/mol. The van der Waals surface area contributed by atoms with Crippen LogP contribution in [0.4, 0.5) is 13.2 Å². The van der Waals surface area contributed by atoms with Crippen LogP contribution in [0.1, 0.15) is 27.2 Å². The van der Waals surface area contributed by atoms with Gasteiger partial charge in [-0.1, -0.05) is 54.1 Å². The SMILES string of the molecule is O=C(N[C@@H](Cc1ccc(Cl)cc1)C(=O)O)C(=Cc1cccc(C(F)(F)F)c1)NC(=O)c1cc2ccccc2o1. The molecule has 2 amide bonds. The van der Waals surface area contributed by atoms with Crippen molar-refractivity contribution in [2.24, 2.45) is 0 Å². The van der Waals surface area contributed by atoms with Gasteiger partial charge in [0, 0.05) is 16.8 Å². The van der Waals surface area contributed by atoms with Crippen molar-refractivity contribution in [1.29, 1.82) is 0 Å². The molecule has 0 aliphatic carbocycles. The lowest BCUT2D eigenvalue weighted by Gasteiger charge is -2.17. The van der Waals surface area contributed by atoms with Crippen LogP contribution in [-0.2, 0) is 22.2 Å². The third kappa shape index (κ3) is 7.05. The molecule has 3 aromatic carbocycles. The number of carboxylic acid groups (broad SMARTS) is 1. The van der Waals surface area contributed by atoms with Crippen LogP contribution in [0.2, 0.25) is 5.02 Å². The molecule has 1 heterocycles. The van der Waals surface area contributed by atoms with Gasteiger partial charge in [-0.05, 0) is 53.6 Å². The van der Waals surface area contributed by atoms with Crippen LogP contribution in [0, 0.1) is 0 Å². The molecule has 0 saturated heterocycles. The minimum Gasteiger partial charge on any atom is -0.480 e. The van der Waals surface area contributed by atoms with Gasteiger partial charge in [-0.15, -0.1) is 0 Å². The third-order valence-electron chi connectivity index (χ3n) is 5.62. The van der Waals surface area contributed by atoms with E-state index in [0.717, 1.165) is 24.3 Å². The van der Waals surface area contributed by atoms with Crippen LogP contribution < -0.4 is 10.6 Å². The maximum absolute atomic E-state index is 13.2. The summed E-state index contributed by atoms with van der Waals surface area (Å²) in [6.45, 7) is 0. The van der Waals surface area contributed by atoms with Gasteiger partial charge in [0.25, 0.3) is 11.8 Å². The fourth-order valence-corrected chi connectivity index (χ4v) is 3.83. The molecule has 3 N–H and O–H groups in total. The van der Waals surface area contributed by atoms with Crippen LogP contribution in [0.25, 0.3) is 17.0 Å². The van der Waals surface area contributed by atoms with E-state index in [1.54, 1.807) is 48.5 Å². The Labute approximate surface area is 224 Å². The molecule has 7 nitrogen and oxygen atoms in total. The lowest BCUT2D eigenvalue weighted by molar-refractivity contribution is -0.141. The van der Waals surface area contributed by atoms with Crippen LogP contribution in [0.3, 0.4) is 0 Å². The molecule has 4 aromatic rings. The van der Waals surface area contributed by atoms with Gasteiger partial charge in [-0.2, -0.15) is 13.2 Å². The number of fused-ring (bicyclic) bond motifs is 1. The van der Waals surface area contributed by atoms with E-state index >= 15 is 0 Å². The number of hydrogen-bond donors (Lipinski definition) is 3. The number of rotatable bonds is 8. The molecular weight excluding hydrogens is 537 g/mol. The third-order valence-corrected chi connectivity index (χ3v) is 5.88. The van der Waals surface area contributed by atoms with Crippen molar-refractivity contribution in [2.75, 3.05) is 0 Å². The summed E-state index contributed by atoms with van der Waals surface area (Å²) >= 11 is 5.87.